The summed E-state index contributed by atoms with van der Waals surface area (Å²) in [5.74, 6) is 7.58. The van der Waals surface area contributed by atoms with Gasteiger partial charge in [-0.15, -0.1) is 0 Å². The highest BCUT2D eigenvalue weighted by atomic mass is 32.2. The van der Waals surface area contributed by atoms with E-state index in [0.29, 0.717) is 87.4 Å². The maximum absolute atomic E-state index is 11.9. The fourth-order valence-corrected chi connectivity index (χ4v) is 19.2. The lowest BCUT2D eigenvalue weighted by Crippen LogP contribution is -2.57. The number of fused-ring (bicyclic) bond motifs is 10. The average molecular weight is 814 g/mol. The molecule has 3 N–H and O–H groups in total. The van der Waals surface area contributed by atoms with Crippen LogP contribution in [0.15, 0.2) is 0 Å². The molecule has 8 saturated carbocycles. The van der Waals surface area contributed by atoms with Crippen molar-refractivity contribution in [2.45, 2.75) is 195 Å². The Morgan fingerprint density at radius 1 is 0.561 bits per heavy atom. The summed E-state index contributed by atoms with van der Waals surface area (Å²) in [6, 6.07) is 0. The van der Waals surface area contributed by atoms with E-state index >= 15 is 0 Å². The second kappa shape index (κ2) is 16.5. The van der Waals surface area contributed by atoms with Crippen molar-refractivity contribution >= 4 is 10.1 Å². The molecule has 18 atom stereocenters. The van der Waals surface area contributed by atoms with E-state index in [-0.39, 0.29) is 18.0 Å². The van der Waals surface area contributed by atoms with Crippen LogP contribution in [0.4, 0.5) is 0 Å². The lowest BCUT2D eigenvalue weighted by molar-refractivity contribution is -0.164. The zero-order chi connectivity index (χ0) is 40.5. The van der Waals surface area contributed by atoms with Gasteiger partial charge in [-0.2, -0.15) is 8.42 Å². The number of aliphatic hydroxyl groups is 2. The number of nitrogens with zero attached hydrogens (tertiary/aromatic N) is 1. The third kappa shape index (κ3) is 7.81. The maximum Gasteiger partial charge on any atom is 0.266 e. The molecule has 0 amide bonds. The van der Waals surface area contributed by atoms with Gasteiger partial charge in [0.05, 0.1) is 18.0 Å². The maximum atomic E-state index is 11.9. The quantitative estimate of drug-likeness (QED) is 0.160. The largest absolute Gasteiger partial charge is 0.393 e. The zero-order valence-corrected chi connectivity index (χ0v) is 38.3. The van der Waals surface area contributed by atoms with Crippen molar-refractivity contribution in [2.24, 2.45) is 92.7 Å². The molecule has 0 aromatic rings. The van der Waals surface area contributed by atoms with Gasteiger partial charge in [0.2, 0.25) is 0 Å². The molecule has 4 unspecified atom stereocenters. The first-order valence-corrected chi connectivity index (χ1v) is 26.6. The molecular weight excluding hydrogens is 727 g/mol. The van der Waals surface area contributed by atoms with Gasteiger partial charge in [-0.05, 0) is 221 Å². The first-order chi connectivity index (χ1) is 27.0. The highest BCUT2D eigenvalue weighted by Gasteiger charge is 2.64. The van der Waals surface area contributed by atoms with Gasteiger partial charge in [0.1, 0.15) is 0 Å². The normalized spacial score (nSPS) is 49.2. The molecule has 6 nitrogen and oxygen atoms in total. The second-order valence-corrected chi connectivity index (χ2v) is 25.5. The molecule has 8 aliphatic carbocycles. The van der Waals surface area contributed by atoms with Gasteiger partial charge in [-0.1, -0.05) is 67.2 Å². The van der Waals surface area contributed by atoms with Gasteiger partial charge in [-0.25, -0.2) is 0 Å². The van der Waals surface area contributed by atoms with E-state index in [0.717, 1.165) is 63.5 Å². The summed E-state index contributed by atoms with van der Waals surface area (Å²) < 4.78 is 33.6. The fraction of sp³-hybridized carbons (Fsp3) is 1.00. The van der Waals surface area contributed by atoms with Crippen molar-refractivity contribution in [3.63, 3.8) is 0 Å². The van der Waals surface area contributed by atoms with E-state index in [2.05, 4.69) is 46.4 Å². The van der Waals surface area contributed by atoms with Crippen LogP contribution < -0.4 is 0 Å². The molecule has 0 saturated heterocycles. The zero-order valence-electron chi connectivity index (χ0n) is 37.5. The van der Waals surface area contributed by atoms with Gasteiger partial charge in [-0.3, -0.25) is 4.55 Å². The number of aliphatic hydroxyl groups excluding tert-OH is 2. The smallest absolute Gasteiger partial charge is 0.266 e. The Bertz CT molecular complexity index is 1410. The number of hydrogen-bond donors (Lipinski definition) is 3. The van der Waals surface area contributed by atoms with Crippen LogP contribution in [-0.2, 0) is 10.1 Å². The Morgan fingerprint density at radius 2 is 0.982 bits per heavy atom. The van der Waals surface area contributed by atoms with E-state index in [4.69, 9.17) is 0 Å². The van der Waals surface area contributed by atoms with E-state index in [1.807, 2.05) is 0 Å². The van der Waals surface area contributed by atoms with Crippen molar-refractivity contribution < 1.29 is 23.2 Å². The fourth-order valence-electron chi connectivity index (χ4n) is 18.7. The first kappa shape index (κ1) is 43.4. The average Bonchev–Trinajstić information content (AvgIpc) is 3.70. The summed E-state index contributed by atoms with van der Waals surface area (Å²) in [7, 11) is -4.01. The van der Waals surface area contributed by atoms with E-state index in [9.17, 15) is 23.2 Å². The van der Waals surface area contributed by atoms with Crippen LogP contribution in [0.5, 0.6) is 0 Å². The van der Waals surface area contributed by atoms with Gasteiger partial charge in [0.15, 0.2) is 0 Å². The Hall–Kier alpha value is -0.210. The molecule has 0 aromatic carbocycles. The minimum absolute atomic E-state index is 0.116. The van der Waals surface area contributed by atoms with Crippen molar-refractivity contribution in [1.29, 1.82) is 0 Å². The molecule has 328 valence electrons. The summed E-state index contributed by atoms with van der Waals surface area (Å²) in [6.45, 7) is 17.6. The summed E-state index contributed by atoms with van der Waals surface area (Å²) in [4.78, 5) is 2.35. The first-order valence-electron chi connectivity index (χ1n) is 25.0. The topological polar surface area (TPSA) is 98.1 Å². The van der Waals surface area contributed by atoms with Crippen LogP contribution in [0.25, 0.3) is 0 Å². The van der Waals surface area contributed by atoms with Crippen molar-refractivity contribution in [1.82, 2.24) is 4.90 Å². The Kier molecular flexibility index (Phi) is 12.6. The molecular formula is C50H87NO5S. The molecule has 7 heteroatoms. The van der Waals surface area contributed by atoms with Crippen LogP contribution in [0.1, 0.15) is 183 Å². The summed E-state index contributed by atoms with van der Waals surface area (Å²) in [5, 5.41) is 23.4. The van der Waals surface area contributed by atoms with Crippen LogP contribution in [-0.4, -0.2) is 65.7 Å². The van der Waals surface area contributed by atoms with E-state index in [1.165, 1.54) is 103 Å². The predicted octanol–water partition coefficient (Wildman–Crippen LogP) is 11.0. The lowest BCUT2D eigenvalue weighted by atomic mass is 9.44. The predicted molar refractivity (Wildman–Crippen MR) is 232 cm³/mol. The second-order valence-electron chi connectivity index (χ2n) is 23.9. The highest BCUT2D eigenvalue weighted by Crippen LogP contribution is 2.70. The minimum atomic E-state index is -4.01. The van der Waals surface area contributed by atoms with Crippen LogP contribution in [0, 0.1) is 92.7 Å². The molecule has 0 spiro atoms. The summed E-state index contributed by atoms with van der Waals surface area (Å²) >= 11 is 0. The van der Waals surface area contributed by atoms with Crippen LogP contribution in [0.3, 0.4) is 0 Å². The van der Waals surface area contributed by atoms with Crippen LogP contribution in [0.2, 0.25) is 0 Å². The van der Waals surface area contributed by atoms with Gasteiger partial charge < -0.3 is 15.1 Å². The third-order valence-electron chi connectivity index (χ3n) is 21.7. The van der Waals surface area contributed by atoms with Crippen molar-refractivity contribution in [3.8, 4) is 0 Å². The van der Waals surface area contributed by atoms with E-state index in [1.54, 1.807) is 0 Å². The monoisotopic (exact) mass is 814 g/mol. The third-order valence-corrected chi connectivity index (χ3v) is 22.4. The lowest BCUT2D eigenvalue weighted by Gasteiger charge is -2.62. The number of rotatable bonds is 13. The molecule has 0 bridgehead atoms. The highest BCUT2D eigenvalue weighted by molar-refractivity contribution is 7.85. The minimum Gasteiger partial charge on any atom is -0.393 e. The summed E-state index contributed by atoms with van der Waals surface area (Å²) in [6.07, 6.45) is 27.6. The molecule has 0 radical (unpaired) electrons. The Morgan fingerprint density at radius 3 is 1.40 bits per heavy atom. The number of hydrogen-bond acceptors (Lipinski definition) is 5. The standard InChI is InChI=1S/C50H87NO5S/c1-33(37-17-19-39-45-41(21-25-49(37,39)5)47(3)23-9-7-15-35(47)31-43(45)52)13-11-27-51(29-30-57(54,55)56)28-12-14-34(2)38-18-20-40-46-42(22-26-50(38,40)6)48(4)24-10-8-16-36(48)32-44(46)53/h33-46,52-53H,7-32H2,1-6H3,(H,54,55,56)/t33-,34+,35?,36?,37-,38+,39?,40?,41-,42+,43+,44-,45+,46-,47+,48-,49-,50+. The van der Waals surface area contributed by atoms with Crippen molar-refractivity contribution in [2.75, 3.05) is 25.4 Å². The van der Waals surface area contributed by atoms with E-state index < -0.39 is 10.1 Å². The molecule has 8 aliphatic rings. The Labute approximate surface area is 350 Å². The Balaban J connectivity index is 0.845. The molecule has 0 heterocycles. The van der Waals surface area contributed by atoms with Gasteiger partial charge >= 0.3 is 0 Å². The van der Waals surface area contributed by atoms with Crippen molar-refractivity contribution in [3.05, 3.63) is 0 Å². The van der Waals surface area contributed by atoms with Gasteiger partial charge in [0.25, 0.3) is 10.1 Å². The SMILES string of the molecule is C[C@H](CCCN(CCC[C@H](C)[C@@H]1CCC2[C@H]3[C@H](O)CC4CCCC[C@@]4(C)[C@H]3CC[C@]21C)CCS(=O)(=O)O)[C@H]1CCC2[C@H]3[C@@H](CC[C@@]21C)[C@@]1(C)CCCCC1C[C@@H]3O. The molecule has 0 aromatic heterocycles. The molecule has 0 aliphatic heterocycles. The van der Waals surface area contributed by atoms with Crippen LogP contribution >= 0.6 is 0 Å². The molecule has 8 rings (SSSR count). The molecule has 57 heavy (non-hydrogen) atoms. The molecule has 8 fully saturated rings. The van der Waals surface area contributed by atoms with Gasteiger partial charge in [0, 0.05) is 6.54 Å². The summed E-state index contributed by atoms with van der Waals surface area (Å²) in [5.41, 5.74) is 1.51.